The van der Waals surface area contributed by atoms with Crippen molar-refractivity contribution in [2.75, 3.05) is 13.1 Å². The molecular weight excluding hydrogens is 371 g/mol. The molecule has 0 spiro atoms. The average Bonchev–Trinajstić information content (AvgIpc) is 3.06. The summed E-state index contributed by atoms with van der Waals surface area (Å²) in [5.74, 6) is -2.36. The minimum atomic E-state index is -2.63. The van der Waals surface area contributed by atoms with E-state index in [1.165, 1.54) is 24.3 Å². The van der Waals surface area contributed by atoms with Gasteiger partial charge in [-0.3, -0.25) is 4.79 Å². The minimum Gasteiger partial charge on any atom is -0.488 e. The third-order valence-corrected chi connectivity index (χ3v) is 6.56. The van der Waals surface area contributed by atoms with Gasteiger partial charge in [0, 0.05) is 31.8 Å². The Labute approximate surface area is 162 Å². The Bertz CT molecular complexity index is 701. The first kappa shape index (κ1) is 19.6. The maximum Gasteiger partial charge on any atom is 0.248 e. The maximum absolute atomic E-state index is 13.4. The van der Waals surface area contributed by atoms with Crippen LogP contribution >= 0.6 is 0 Å². The van der Waals surface area contributed by atoms with E-state index in [1.54, 1.807) is 4.90 Å². The fraction of sp³-hybridized carbons (Fsp3) is 0.667. The van der Waals surface area contributed by atoms with Crippen LogP contribution in [0.1, 0.15) is 38.5 Å². The molecule has 3 fully saturated rings. The fourth-order valence-corrected chi connectivity index (χ4v) is 4.93. The SMILES string of the molecule is O=C(C1CCC(F)(F)CC1)N1C[C@H]2C[C@@H](Oc3ccc(F)cc3)[C@H](O)C[C@H]2C1. The molecule has 1 N–H and O–H groups in total. The van der Waals surface area contributed by atoms with Crippen LogP contribution in [0.2, 0.25) is 0 Å². The van der Waals surface area contributed by atoms with Gasteiger partial charge in [-0.05, 0) is 61.8 Å². The van der Waals surface area contributed by atoms with Crippen LogP contribution in [0.15, 0.2) is 24.3 Å². The summed E-state index contributed by atoms with van der Waals surface area (Å²) in [7, 11) is 0. The van der Waals surface area contributed by atoms with Crippen molar-refractivity contribution in [3.05, 3.63) is 30.1 Å². The molecule has 7 heteroatoms. The number of carbonyl (C=O) groups excluding carboxylic acids is 1. The standard InChI is InChI=1S/C21H26F3NO3/c22-16-1-3-17(4-2-16)28-19-10-15-12-25(11-14(15)9-18(19)26)20(27)13-5-7-21(23,24)8-6-13/h1-4,13-15,18-19,26H,5-12H2/t14-,15+,18+,19+/m0/s1. The molecule has 0 unspecified atom stereocenters. The second-order valence-corrected chi connectivity index (χ2v) is 8.54. The number of halogens is 3. The molecule has 1 saturated heterocycles. The predicted octanol–water partition coefficient (Wildman–Crippen LogP) is 3.63. The summed E-state index contributed by atoms with van der Waals surface area (Å²) < 4.78 is 45.6. The first-order chi connectivity index (χ1) is 13.3. The Hall–Kier alpha value is -1.76. The van der Waals surface area contributed by atoms with E-state index in [-0.39, 0.29) is 55.2 Å². The number of hydrogen-bond donors (Lipinski definition) is 1. The van der Waals surface area contributed by atoms with Crippen molar-refractivity contribution in [2.45, 2.75) is 56.7 Å². The van der Waals surface area contributed by atoms with E-state index in [0.29, 0.717) is 31.7 Å². The summed E-state index contributed by atoms with van der Waals surface area (Å²) in [6, 6.07) is 5.71. The number of amides is 1. The van der Waals surface area contributed by atoms with Gasteiger partial charge in [0.25, 0.3) is 0 Å². The third kappa shape index (κ3) is 4.14. The van der Waals surface area contributed by atoms with Crippen LogP contribution in [0, 0.1) is 23.6 Å². The third-order valence-electron chi connectivity index (χ3n) is 6.56. The zero-order valence-electron chi connectivity index (χ0n) is 15.7. The van der Waals surface area contributed by atoms with Gasteiger partial charge in [-0.25, -0.2) is 13.2 Å². The first-order valence-electron chi connectivity index (χ1n) is 10.1. The second-order valence-electron chi connectivity index (χ2n) is 8.54. The van der Waals surface area contributed by atoms with Crippen LogP contribution < -0.4 is 4.74 Å². The van der Waals surface area contributed by atoms with Crippen molar-refractivity contribution >= 4 is 5.91 Å². The van der Waals surface area contributed by atoms with Crippen molar-refractivity contribution in [3.63, 3.8) is 0 Å². The number of carbonyl (C=O) groups is 1. The normalized spacial score (nSPS) is 32.8. The van der Waals surface area contributed by atoms with Crippen molar-refractivity contribution in [2.24, 2.45) is 17.8 Å². The van der Waals surface area contributed by atoms with Crippen LogP contribution in [-0.4, -0.2) is 47.1 Å². The molecule has 4 rings (SSSR count). The summed E-state index contributed by atoms with van der Waals surface area (Å²) in [6.45, 7) is 1.17. The summed E-state index contributed by atoms with van der Waals surface area (Å²) in [6.07, 6.45) is 0.198. The molecule has 1 aromatic carbocycles. The second kappa shape index (κ2) is 7.58. The van der Waals surface area contributed by atoms with Crippen molar-refractivity contribution in [1.82, 2.24) is 4.90 Å². The number of benzene rings is 1. The highest BCUT2D eigenvalue weighted by atomic mass is 19.3. The Kier molecular flexibility index (Phi) is 5.29. The lowest BCUT2D eigenvalue weighted by Gasteiger charge is -2.35. The topological polar surface area (TPSA) is 49.8 Å². The highest BCUT2D eigenvalue weighted by molar-refractivity contribution is 5.79. The van der Waals surface area contributed by atoms with E-state index in [1.807, 2.05) is 0 Å². The molecule has 3 aliphatic rings. The monoisotopic (exact) mass is 397 g/mol. The molecule has 1 aliphatic heterocycles. The van der Waals surface area contributed by atoms with Crippen molar-refractivity contribution in [3.8, 4) is 5.75 Å². The Morgan fingerprint density at radius 1 is 1.07 bits per heavy atom. The quantitative estimate of drug-likeness (QED) is 0.848. The lowest BCUT2D eigenvalue weighted by molar-refractivity contribution is -0.138. The molecule has 28 heavy (non-hydrogen) atoms. The van der Waals surface area contributed by atoms with Gasteiger partial charge in [0.15, 0.2) is 0 Å². The molecule has 1 heterocycles. The van der Waals surface area contributed by atoms with Crippen LogP contribution in [0.4, 0.5) is 13.2 Å². The van der Waals surface area contributed by atoms with E-state index in [0.717, 1.165) is 0 Å². The number of rotatable bonds is 3. The van der Waals surface area contributed by atoms with Gasteiger partial charge in [0.05, 0.1) is 6.10 Å². The lowest BCUT2D eigenvalue weighted by atomic mass is 9.78. The highest BCUT2D eigenvalue weighted by Crippen LogP contribution is 2.41. The average molecular weight is 397 g/mol. The van der Waals surface area contributed by atoms with Crippen LogP contribution in [0.3, 0.4) is 0 Å². The lowest BCUT2D eigenvalue weighted by Crippen LogP contribution is -2.42. The summed E-state index contributed by atoms with van der Waals surface area (Å²) in [4.78, 5) is 14.6. The molecule has 2 aliphatic carbocycles. The zero-order chi connectivity index (χ0) is 19.9. The maximum atomic E-state index is 13.4. The summed E-state index contributed by atoms with van der Waals surface area (Å²) in [5, 5.41) is 10.5. The number of aliphatic hydroxyl groups is 1. The minimum absolute atomic E-state index is 0.0182. The molecule has 2 saturated carbocycles. The van der Waals surface area contributed by atoms with E-state index in [2.05, 4.69) is 0 Å². The van der Waals surface area contributed by atoms with Gasteiger partial charge in [-0.2, -0.15) is 0 Å². The van der Waals surface area contributed by atoms with Gasteiger partial charge in [-0.1, -0.05) is 0 Å². The molecular formula is C21H26F3NO3. The molecule has 4 atom stereocenters. The van der Waals surface area contributed by atoms with Gasteiger partial charge in [0.1, 0.15) is 17.7 Å². The van der Waals surface area contributed by atoms with E-state index < -0.39 is 18.1 Å². The van der Waals surface area contributed by atoms with E-state index in [4.69, 9.17) is 4.74 Å². The fourth-order valence-electron chi connectivity index (χ4n) is 4.93. The molecule has 1 amide bonds. The van der Waals surface area contributed by atoms with Gasteiger partial charge < -0.3 is 14.7 Å². The number of nitrogens with zero attached hydrogens (tertiary/aromatic N) is 1. The number of fused-ring (bicyclic) bond motifs is 1. The number of likely N-dealkylation sites (tertiary alicyclic amines) is 1. The Balaban J connectivity index is 1.35. The summed E-state index contributed by atoms with van der Waals surface area (Å²) >= 11 is 0. The van der Waals surface area contributed by atoms with Crippen LogP contribution in [0.25, 0.3) is 0 Å². The molecule has 154 valence electrons. The van der Waals surface area contributed by atoms with Crippen molar-refractivity contribution in [1.29, 1.82) is 0 Å². The number of aliphatic hydroxyl groups excluding tert-OH is 1. The van der Waals surface area contributed by atoms with Crippen LogP contribution in [-0.2, 0) is 4.79 Å². The van der Waals surface area contributed by atoms with E-state index >= 15 is 0 Å². The number of hydrogen-bond acceptors (Lipinski definition) is 3. The number of ether oxygens (including phenoxy) is 1. The molecule has 4 nitrogen and oxygen atoms in total. The highest BCUT2D eigenvalue weighted by Gasteiger charge is 2.46. The molecule has 0 aromatic heterocycles. The molecule has 0 bridgehead atoms. The van der Waals surface area contributed by atoms with Gasteiger partial charge >= 0.3 is 0 Å². The number of alkyl halides is 2. The van der Waals surface area contributed by atoms with Crippen molar-refractivity contribution < 1.29 is 27.8 Å². The van der Waals surface area contributed by atoms with Gasteiger partial charge in [-0.15, -0.1) is 0 Å². The Morgan fingerprint density at radius 2 is 1.68 bits per heavy atom. The van der Waals surface area contributed by atoms with E-state index in [9.17, 15) is 23.1 Å². The summed E-state index contributed by atoms with van der Waals surface area (Å²) in [5.41, 5.74) is 0. The Morgan fingerprint density at radius 3 is 2.32 bits per heavy atom. The molecule has 0 radical (unpaired) electrons. The largest absolute Gasteiger partial charge is 0.488 e. The van der Waals surface area contributed by atoms with Crippen LogP contribution in [0.5, 0.6) is 5.75 Å². The first-order valence-corrected chi connectivity index (χ1v) is 10.1. The zero-order valence-corrected chi connectivity index (χ0v) is 15.7. The molecule has 1 aromatic rings. The smallest absolute Gasteiger partial charge is 0.248 e. The predicted molar refractivity (Wildman–Crippen MR) is 96.5 cm³/mol. The van der Waals surface area contributed by atoms with Gasteiger partial charge in [0.2, 0.25) is 11.8 Å².